The minimum Gasteiger partial charge on any atom is -0.341 e. The lowest BCUT2D eigenvalue weighted by Crippen LogP contribution is -2.27. The van der Waals surface area contributed by atoms with E-state index in [9.17, 15) is 4.79 Å². The van der Waals surface area contributed by atoms with Gasteiger partial charge >= 0.3 is 0 Å². The van der Waals surface area contributed by atoms with E-state index in [0.717, 1.165) is 26.0 Å². The SMILES string of the molecule is CSc1ccc(CN(C)C(=O)Cc2sc(C)nc2-c2cccs2)cc1. The van der Waals surface area contributed by atoms with E-state index in [1.165, 1.54) is 4.90 Å². The quantitative estimate of drug-likeness (QED) is 0.551. The van der Waals surface area contributed by atoms with Crippen molar-refractivity contribution < 1.29 is 4.79 Å². The van der Waals surface area contributed by atoms with Gasteiger partial charge in [-0.25, -0.2) is 4.98 Å². The highest BCUT2D eigenvalue weighted by Crippen LogP contribution is 2.31. The maximum atomic E-state index is 12.7. The van der Waals surface area contributed by atoms with E-state index in [4.69, 9.17) is 0 Å². The molecule has 0 fully saturated rings. The van der Waals surface area contributed by atoms with Crippen molar-refractivity contribution in [2.45, 2.75) is 24.8 Å². The van der Waals surface area contributed by atoms with Gasteiger partial charge in [0.1, 0.15) is 0 Å². The Bertz CT molecular complexity index is 838. The number of thiazole rings is 1. The maximum absolute atomic E-state index is 12.7. The van der Waals surface area contributed by atoms with E-state index in [-0.39, 0.29) is 5.91 Å². The summed E-state index contributed by atoms with van der Waals surface area (Å²) in [5, 5.41) is 3.04. The molecule has 0 N–H and O–H groups in total. The van der Waals surface area contributed by atoms with Gasteiger partial charge in [0.2, 0.25) is 5.91 Å². The molecule has 0 atom stereocenters. The standard InChI is InChI=1S/C19H20N2OS3/c1-13-20-19(16-5-4-10-24-16)17(25-13)11-18(22)21(2)12-14-6-8-15(23-3)9-7-14/h4-10H,11-12H2,1-3H3. The van der Waals surface area contributed by atoms with Gasteiger partial charge in [-0.3, -0.25) is 4.79 Å². The molecule has 0 spiro atoms. The van der Waals surface area contributed by atoms with Crippen LogP contribution in [0.25, 0.3) is 10.6 Å². The number of aryl methyl sites for hydroxylation is 1. The summed E-state index contributed by atoms with van der Waals surface area (Å²) in [6.45, 7) is 2.62. The third-order valence-corrected chi connectivity index (χ3v) is 6.47. The lowest BCUT2D eigenvalue weighted by molar-refractivity contribution is -0.129. The predicted octanol–water partition coefficient (Wildman–Crippen LogP) is 5.10. The fourth-order valence-electron chi connectivity index (χ4n) is 2.56. The van der Waals surface area contributed by atoms with Crippen molar-refractivity contribution in [2.24, 2.45) is 0 Å². The van der Waals surface area contributed by atoms with Crippen molar-refractivity contribution in [1.82, 2.24) is 9.88 Å². The lowest BCUT2D eigenvalue weighted by atomic mass is 10.2. The van der Waals surface area contributed by atoms with Crippen molar-refractivity contribution in [3.8, 4) is 10.6 Å². The second-order valence-corrected chi connectivity index (χ2v) is 8.87. The van der Waals surface area contributed by atoms with Gasteiger partial charge in [-0.2, -0.15) is 0 Å². The highest BCUT2D eigenvalue weighted by Gasteiger charge is 2.18. The molecular weight excluding hydrogens is 368 g/mol. The van der Waals surface area contributed by atoms with Crippen molar-refractivity contribution in [1.29, 1.82) is 0 Å². The van der Waals surface area contributed by atoms with Crippen LogP contribution in [0, 0.1) is 6.92 Å². The number of thiophene rings is 1. The number of hydrogen-bond donors (Lipinski definition) is 0. The van der Waals surface area contributed by atoms with Gasteiger partial charge in [-0.1, -0.05) is 18.2 Å². The minimum absolute atomic E-state index is 0.121. The lowest BCUT2D eigenvalue weighted by Gasteiger charge is -2.17. The number of benzene rings is 1. The van der Waals surface area contributed by atoms with E-state index < -0.39 is 0 Å². The van der Waals surface area contributed by atoms with Gasteiger partial charge in [-0.05, 0) is 42.3 Å². The van der Waals surface area contributed by atoms with Crippen LogP contribution in [0.1, 0.15) is 15.4 Å². The number of nitrogens with zero attached hydrogens (tertiary/aromatic N) is 2. The van der Waals surface area contributed by atoms with E-state index in [1.807, 2.05) is 25.4 Å². The number of carbonyl (C=O) groups is 1. The Morgan fingerprint density at radius 3 is 2.64 bits per heavy atom. The van der Waals surface area contributed by atoms with Crippen LogP contribution >= 0.6 is 34.4 Å². The van der Waals surface area contributed by atoms with Crippen LogP contribution in [0.5, 0.6) is 0 Å². The maximum Gasteiger partial charge on any atom is 0.227 e. The number of hydrogen-bond acceptors (Lipinski definition) is 5. The van der Waals surface area contributed by atoms with Crippen molar-refractivity contribution >= 4 is 40.3 Å². The monoisotopic (exact) mass is 388 g/mol. The Morgan fingerprint density at radius 1 is 1.24 bits per heavy atom. The third-order valence-electron chi connectivity index (χ3n) is 3.88. The molecule has 0 bridgehead atoms. The first-order chi connectivity index (χ1) is 12.1. The Morgan fingerprint density at radius 2 is 2.00 bits per heavy atom. The molecule has 0 saturated heterocycles. The number of rotatable bonds is 6. The average Bonchev–Trinajstić information content (AvgIpc) is 3.25. The summed E-state index contributed by atoms with van der Waals surface area (Å²) < 4.78 is 0. The smallest absolute Gasteiger partial charge is 0.227 e. The first-order valence-electron chi connectivity index (χ1n) is 7.94. The second kappa shape index (κ2) is 8.17. The fourth-order valence-corrected chi connectivity index (χ4v) is 4.72. The molecule has 3 rings (SSSR count). The van der Waals surface area contributed by atoms with Crippen molar-refractivity contribution in [3.05, 3.63) is 57.2 Å². The first-order valence-corrected chi connectivity index (χ1v) is 10.9. The molecule has 2 heterocycles. The summed E-state index contributed by atoms with van der Waals surface area (Å²) >= 11 is 5.00. The molecule has 0 aliphatic heterocycles. The summed E-state index contributed by atoms with van der Waals surface area (Å²) in [5.41, 5.74) is 2.11. The van der Waals surface area contributed by atoms with Crippen LogP contribution in [0.3, 0.4) is 0 Å². The van der Waals surface area contributed by atoms with Crippen molar-refractivity contribution in [2.75, 3.05) is 13.3 Å². The number of likely N-dealkylation sites (N-methyl/N-ethyl adjacent to an activating group) is 1. The molecule has 0 unspecified atom stereocenters. The minimum atomic E-state index is 0.121. The van der Waals surface area contributed by atoms with Gasteiger partial charge in [0.05, 0.1) is 22.0 Å². The molecular formula is C19H20N2OS3. The van der Waals surface area contributed by atoms with Crippen LogP contribution in [-0.2, 0) is 17.8 Å². The predicted molar refractivity (Wildman–Crippen MR) is 109 cm³/mol. The molecule has 25 heavy (non-hydrogen) atoms. The molecule has 0 aliphatic rings. The summed E-state index contributed by atoms with van der Waals surface area (Å²) in [6, 6.07) is 12.4. The average molecular weight is 389 g/mol. The normalized spacial score (nSPS) is 10.8. The Kier molecular flexibility index (Phi) is 5.93. The molecule has 6 heteroatoms. The molecule has 0 aliphatic carbocycles. The Labute approximate surface area is 160 Å². The van der Waals surface area contributed by atoms with Crippen molar-refractivity contribution in [3.63, 3.8) is 0 Å². The van der Waals surface area contributed by atoms with E-state index in [0.29, 0.717) is 13.0 Å². The van der Waals surface area contributed by atoms with Gasteiger partial charge in [0.15, 0.2) is 0 Å². The zero-order chi connectivity index (χ0) is 17.8. The summed E-state index contributed by atoms with van der Waals surface area (Å²) in [6.07, 6.45) is 2.46. The summed E-state index contributed by atoms with van der Waals surface area (Å²) in [5.74, 6) is 0.121. The van der Waals surface area contributed by atoms with Crippen LogP contribution < -0.4 is 0 Å². The van der Waals surface area contributed by atoms with Crippen LogP contribution in [0.15, 0.2) is 46.7 Å². The molecule has 130 valence electrons. The fraction of sp³-hybridized carbons (Fsp3) is 0.263. The number of carbonyl (C=O) groups excluding carboxylic acids is 1. The zero-order valence-electron chi connectivity index (χ0n) is 14.5. The highest BCUT2D eigenvalue weighted by atomic mass is 32.2. The molecule has 0 saturated carbocycles. The first kappa shape index (κ1) is 18.2. The van der Waals surface area contributed by atoms with Crippen LogP contribution in [-0.4, -0.2) is 29.1 Å². The van der Waals surface area contributed by atoms with E-state index in [1.54, 1.807) is 39.3 Å². The third kappa shape index (κ3) is 4.51. The number of thioether (sulfide) groups is 1. The van der Waals surface area contributed by atoms with E-state index in [2.05, 4.69) is 41.6 Å². The number of aromatic nitrogens is 1. The Balaban J connectivity index is 1.69. The van der Waals surface area contributed by atoms with Crippen LogP contribution in [0.4, 0.5) is 0 Å². The molecule has 1 amide bonds. The largest absolute Gasteiger partial charge is 0.341 e. The topological polar surface area (TPSA) is 33.2 Å². The van der Waals surface area contributed by atoms with Crippen LogP contribution in [0.2, 0.25) is 0 Å². The zero-order valence-corrected chi connectivity index (χ0v) is 16.9. The van der Waals surface area contributed by atoms with Gasteiger partial charge in [-0.15, -0.1) is 34.4 Å². The number of amides is 1. The molecule has 2 aromatic heterocycles. The molecule has 1 aromatic carbocycles. The summed E-state index contributed by atoms with van der Waals surface area (Å²) in [7, 11) is 1.86. The second-order valence-electron chi connectivity index (χ2n) is 5.76. The molecule has 0 radical (unpaired) electrons. The van der Waals surface area contributed by atoms with Gasteiger partial charge < -0.3 is 4.90 Å². The van der Waals surface area contributed by atoms with E-state index >= 15 is 0 Å². The highest BCUT2D eigenvalue weighted by molar-refractivity contribution is 7.98. The molecule has 3 aromatic rings. The Hall–Kier alpha value is -1.63. The van der Waals surface area contributed by atoms with Gasteiger partial charge in [0.25, 0.3) is 0 Å². The van der Waals surface area contributed by atoms with Gasteiger partial charge in [0, 0.05) is 23.4 Å². The summed E-state index contributed by atoms with van der Waals surface area (Å²) in [4.78, 5) is 22.5. The molecule has 3 nitrogen and oxygen atoms in total.